The maximum absolute atomic E-state index is 14.8. The van der Waals surface area contributed by atoms with Crippen LogP contribution >= 0.6 is 0 Å². The molecule has 9 heteroatoms. The van der Waals surface area contributed by atoms with Crippen molar-refractivity contribution in [2.45, 2.75) is 76.6 Å². The smallest absolute Gasteiger partial charge is 0.326 e. The summed E-state index contributed by atoms with van der Waals surface area (Å²) < 4.78 is 58.5. The van der Waals surface area contributed by atoms with E-state index in [9.17, 15) is 31.9 Å². The summed E-state index contributed by atoms with van der Waals surface area (Å²) in [6.07, 6.45) is -1.91. The van der Waals surface area contributed by atoms with Crippen molar-refractivity contribution in [2.75, 3.05) is 0 Å². The van der Waals surface area contributed by atoms with Crippen molar-refractivity contribution in [3.8, 4) is 0 Å². The number of nitrogens with one attached hydrogen (secondary N) is 1. The summed E-state index contributed by atoms with van der Waals surface area (Å²) in [4.78, 5) is 40.8. The quantitative estimate of drug-likeness (QED) is 0.659. The van der Waals surface area contributed by atoms with E-state index in [4.69, 9.17) is 0 Å². The van der Waals surface area contributed by atoms with E-state index >= 15 is 0 Å². The van der Waals surface area contributed by atoms with Crippen LogP contribution in [0.3, 0.4) is 0 Å². The number of amides is 2. The molecule has 1 fully saturated rings. The summed E-state index contributed by atoms with van der Waals surface area (Å²) in [6, 6.07) is 4.10. The molecule has 0 spiro atoms. The Balaban J connectivity index is 1.89. The van der Waals surface area contributed by atoms with E-state index in [1.54, 1.807) is 19.2 Å². The van der Waals surface area contributed by atoms with Gasteiger partial charge in [0, 0.05) is 18.2 Å². The van der Waals surface area contributed by atoms with Gasteiger partial charge in [0.1, 0.15) is 5.82 Å². The van der Waals surface area contributed by atoms with Crippen LogP contribution in [0, 0.1) is 11.2 Å². The molecule has 1 atom stereocenters. The Kier molecular flexibility index (Phi) is 5.65. The average molecular weight is 466 g/mol. The van der Waals surface area contributed by atoms with Crippen molar-refractivity contribution in [1.29, 1.82) is 0 Å². The molecular weight excluding hydrogens is 440 g/mol. The zero-order chi connectivity index (χ0) is 24.2. The predicted octanol–water partition coefficient (Wildman–Crippen LogP) is 4.67. The van der Waals surface area contributed by atoms with Crippen LogP contribution in [0.4, 0.5) is 17.6 Å². The fourth-order valence-corrected chi connectivity index (χ4v) is 5.39. The summed E-state index contributed by atoms with van der Waals surface area (Å²) in [5.74, 6) is -4.61. The molecule has 0 bridgehead atoms. The summed E-state index contributed by atoms with van der Waals surface area (Å²) in [5, 5.41) is 1.79. The molecule has 1 saturated carbocycles. The van der Waals surface area contributed by atoms with Crippen molar-refractivity contribution in [2.24, 2.45) is 5.41 Å². The average Bonchev–Trinajstić information content (AvgIpc) is 2.96. The van der Waals surface area contributed by atoms with Crippen LogP contribution < -0.4 is 5.32 Å². The Morgan fingerprint density at radius 1 is 1.06 bits per heavy atom. The predicted molar refractivity (Wildman–Crippen MR) is 111 cm³/mol. The molecule has 0 aromatic heterocycles. The van der Waals surface area contributed by atoms with E-state index < -0.39 is 57.7 Å². The van der Waals surface area contributed by atoms with E-state index in [1.165, 1.54) is 12.1 Å². The minimum atomic E-state index is -5.30. The van der Waals surface area contributed by atoms with Gasteiger partial charge in [-0.25, -0.2) is 4.39 Å². The number of allylic oxidation sites excluding steroid dienone is 1. The first-order chi connectivity index (χ1) is 15.4. The van der Waals surface area contributed by atoms with E-state index in [0.29, 0.717) is 12.8 Å². The van der Waals surface area contributed by atoms with Gasteiger partial charge < -0.3 is 10.2 Å². The molecule has 4 rings (SSSR count). The molecular formula is C24H26F4N2O3. The molecule has 1 heterocycles. The Bertz CT molecular complexity index is 1040. The number of carbonyl (C=O) groups excluding carboxylic acids is 3. The molecule has 1 aromatic carbocycles. The molecule has 178 valence electrons. The van der Waals surface area contributed by atoms with Gasteiger partial charge in [-0.05, 0) is 36.8 Å². The first-order valence-corrected chi connectivity index (χ1v) is 11.1. The van der Waals surface area contributed by atoms with E-state index in [0.717, 1.165) is 36.3 Å². The standard InChI is InChI=1S/C24H26F4N2O3/c1-22(2)12-17-19(18(31)13-22)23(24(26,27)28,21(33)30(17)14-8-4-3-5-9-14)29-20(32)15-10-6-7-11-16(15)25/h6-7,10-11,14H,3-5,8-9,12-13H2,1-2H3,(H,29,32)/t23-/m1/s1. The number of rotatable bonds is 3. The number of hydrogen-bond donors (Lipinski definition) is 1. The molecule has 0 unspecified atom stereocenters. The number of halogens is 4. The van der Waals surface area contributed by atoms with Crippen molar-refractivity contribution in [3.63, 3.8) is 0 Å². The van der Waals surface area contributed by atoms with E-state index in [1.807, 2.05) is 0 Å². The third-order valence-corrected chi connectivity index (χ3v) is 6.84. The van der Waals surface area contributed by atoms with Crippen LogP contribution in [0.15, 0.2) is 35.5 Å². The molecule has 0 saturated heterocycles. The zero-order valence-corrected chi connectivity index (χ0v) is 18.5. The summed E-state index contributed by atoms with van der Waals surface area (Å²) in [6.45, 7) is 3.54. The van der Waals surface area contributed by atoms with Gasteiger partial charge in [-0.15, -0.1) is 0 Å². The molecule has 2 aliphatic carbocycles. The van der Waals surface area contributed by atoms with Crippen LogP contribution in [0.25, 0.3) is 0 Å². The Hall–Kier alpha value is -2.71. The lowest BCUT2D eigenvalue weighted by molar-refractivity contribution is -0.191. The van der Waals surface area contributed by atoms with Crippen LogP contribution in [0.2, 0.25) is 0 Å². The number of Topliss-reactive ketones (excluding diaryl/α,β-unsaturated/α-hetero) is 1. The summed E-state index contributed by atoms with van der Waals surface area (Å²) >= 11 is 0. The molecule has 3 aliphatic rings. The van der Waals surface area contributed by atoms with Crippen LogP contribution in [0.5, 0.6) is 0 Å². The third-order valence-electron chi connectivity index (χ3n) is 6.84. The van der Waals surface area contributed by atoms with Crippen LogP contribution in [-0.2, 0) is 9.59 Å². The highest BCUT2D eigenvalue weighted by molar-refractivity contribution is 6.14. The van der Waals surface area contributed by atoms with Crippen molar-refractivity contribution >= 4 is 17.6 Å². The van der Waals surface area contributed by atoms with Gasteiger partial charge in [-0.3, -0.25) is 14.4 Å². The lowest BCUT2D eigenvalue weighted by Crippen LogP contribution is -2.66. The second kappa shape index (κ2) is 7.95. The third kappa shape index (κ3) is 3.75. The highest BCUT2D eigenvalue weighted by Gasteiger charge is 2.72. The Morgan fingerprint density at radius 2 is 1.70 bits per heavy atom. The fourth-order valence-electron chi connectivity index (χ4n) is 5.39. The first kappa shape index (κ1) is 23.4. The van der Waals surface area contributed by atoms with Gasteiger partial charge in [-0.2, -0.15) is 13.2 Å². The molecule has 2 amide bonds. The normalized spacial score (nSPS) is 25.9. The fraction of sp³-hybridized carbons (Fsp3) is 0.542. The van der Waals surface area contributed by atoms with Crippen molar-refractivity contribution in [1.82, 2.24) is 10.2 Å². The van der Waals surface area contributed by atoms with E-state index in [-0.39, 0.29) is 18.5 Å². The van der Waals surface area contributed by atoms with Gasteiger partial charge in [0.05, 0.1) is 11.1 Å². The number of hydrogen-bond acceptors (Lipinski definition) is 3. The molecule has 1 aliphatic heterocycles. The number of carbonyl (C=O) groups is 3. The highest BCUT2D eigenvalue weighted by atomic mass is 19.4. The molecule has 33 heavy (non-hydrogen) atoms. The van der Waals surface area contributed by atoms with Crippen LogP contribution in [-0.4, -0.2) is 40.3 Å². The topological polar surface area (TPSA) is 66.5 Å². The monoisotopic (exact) mass is 466 g/mol. The maximum Gasteiger partial charge on any atom is 0.425 e. The number of alkyl halides is 3. The maximum atomic E-state index is 14.8. The van der Waals surface area contributed by atoms with Gasteiger partial charge in [0.25, 0.3) is 11.8 Å². The zero-order valence-electron chi connectivity index (χ0n) is 18.5. The van der Waals surface area contributed by atoms with Gasteiger partial charge >= 0.3 is 6.18 Å². The van der Waals surface area contributed by atoms with Crippen molar-refractivity contribution in [3.05, 3.63) is 46.9 Å². The summed E-state index contributed by atoms with van der Waals surface area (Å²) in [7, 11) is 0. The largest absolute Gasteiger partial charge is 0.425 e. The lowest BCUT2D eigenvalue weighted by Gasteiger charge is -2.37. The van der Waals surface area contributed by atoms with Gasteiger partial charge in [-0.1, -0.05) is 45.2 Å². The molecule has 1 aromatic rings. The summed E-state index contributed by atoms with van der Waals surface area (Å²) in [5.41, 5.74) is -5.47. The molecule has 0 radical (unpaired) electrons. The van der Waals surface area contributed by atoms with Crippen molar-refractivity contribution < 1.29 is 31.9 Å². The Morgan fingerprint density at radius 3 is 2.30 bits per heavy atom. The minimum absolute atomic E-state index is 0.0410. The molecule has 1 N–H and O–H groups in total. The number of benzene rings is 1. The van der Waals surface area contributed by atoms with Gasteiger partial charge in [0.15, 0.2) is 5.78 Å². The second-order valence-electron chi connectivity index (χ2n) is 9.91. The number of ketones is 1. The first-order valence-electron chi connectivity index (χ1n) is 11.1. The SMILES string of the molecule is CC1(C)CC(=O)C2=C(C1)N(C1CCCCC1)C(=O)[C@@]2(NC(=O)c1ccccc1F)C(F)(F)F. The van der Waals surface area contributed by atoms with Gasteiger partial charge in [0.2, 0.25) is 5.54 Å². The second-order valence-corrected chi connectivity index (χ2v) is 9.91. The lowest BCUT2D eigenvalue weighted by atomic mass is 9.72. The Labute approximate surface area is 189 Å². The van der Waals surface area contributed by atoms with Crippen LogP contribution in [0.1, 0.15) is 69.2 Å². The molecule has 5 nitrogen and oxygen atoms in total. The number of nitrogens with zero attached hydrogens (tertiary/aromatic N) is 1. The highest BCUT2D eigenvalue weighted by Crippen LogP contribution is 2.53. The van der Waals surface area contributed by atoms with E-state index in [2.05, 4.69) is 0 Å². The minimum Gasteiger partial charge on any atom is -0.326 e.